The van der Waals surface area contributed by atoms with Crippen molar-refractivity contribution in [2.24, 2.45) is 0 Å². The molecule has 1 aromatic heterocycles. The van der Waals surface area contributed by atoms with E-state index >= 15 is 0 Å². The molecule has 1 saturated heterocycles. The van der Waals surface area contributed by atoms with E-state index in [2.05, 4.69) is 5.32 Å². The number of hydrogen-bond donors (Lipinski definition) is 1. The maximum Gasteiger partial charge on any atom is 0.298 e. The van der Waals surface area contributed by atoms with Crippen LogP contribution in [0.25, 0.3) is 17.0 Å². The van der Waals surface area contributed by atoms with Gasteiger partial charge < -0.3 is 14.6 Å². The molecule has 31 heavy (non-hydrogen) atoms. The maximum absolute atomic E-state index is 12.9. The lowest BCUT2D eigenvalue weighted by Crippen LogP contribution is -2.30. The number of nitrogens with one attached hydrogen (secondary N) is 1. The molecule has 0 bridgehead atoms. The van der Waals surface area contributed by atoms with Gasteiger partial charge in [0.2, 0.25) is 5.91 Å². The van der Waals surface area contributed by atoms with Gasteiger partial charge in [-0.05, 0) is 36.0 Å². The van der Waals surface area contributed by atoms with E-state index in [1.54, 1.807) is 37.5 Å². The van der Waals surface area contributed by atoms with Crippen LogP contribution in [0.2, 0.25) is 0 Å². The molecule has 1 aliphatic heterocycles. The molecule has 0 radical (unpaired) electrons. The number of imide groups is 1. The first kappa shape index (κ1) is 20.9. The van der Waals surface area contributed by atoms with Crippen LogP contribution >= 0.6 is 11.8 Å². The number of hydrogen-bond acceptors (Lipinski definition) is 5. The molecule has 3 amide bonds. The predicted octanol–water partition coefficient (Wildman–Crippen LogP) is 3.64. The van der Waals surface area contributed by atoms with Gasteiger partial charge in [-0.1, -0.05) is 36.4 Å². The highest BCUT2D eigenvalue weighted by molar-refractivity contribution is 8.19. The normalized spacial score (nSPS) is 15.3. The first-order chi connectivity index (χ1) is 15.1. The average molecular weight is 436 g/mol. The number of methoxy groups -OCH3 is 1. The highest BCUT2D eigenvalue weighted by Gasteiger charge is 2.36. The Kier molecular flexibility index (Phi) is 6.20. The zero-order chi connectivity index (χ0) is 21.8. The van der Waals surface area contributed by atoms with Crippen LogP contribution in [-0.2, 0) is 20.9 Å². The van der Waals surface area contributed by atoms with Crippen molar-refractivity contribution in [2.75, 3.05) is 25.2 Å². The Morgan fingerprint density at radius 3 is 2.61 bits per heavy atom. The molecular weight excluding hydrogens is 414 g/mol. The highest BCUT2D eigenvalue weighted by Crippen LogP contribution is 2.36. The summed E-state index contributed by atoms with van der Waals surface area (Å²) in [5.74, 6) is -0.482. The summed E-state index contributed by atoms with van der Waals surface area (Å²) in [5.41, 5.74) is 2.19. The second kappa shape index (κ2) is 9.20. The monoisotopic (exact) mass is 435 g/mol. The third kappa shape index (κ3) is 4.40. The first-order valence-electron chi connectivity index (χ1n) is 9.75. The minimum absolute atomic E-state index is 0.131. The van der Waals surface area contributed by atoms with Crippen molar-refractivity contribution in [1.29, 1.82) is 0 Å². The lowest BCUT2D eigenvalue weighted by molar-refractivity contribution is -0.121. The molecule has 0 unspecified atom stereocenters. The summed E-state index contributed by atoms with van der Waals surface area (Å²) in [6, 6.07) is 16.5. The van der Waals surface area contributed by atoms with Crippen LogP contribution in [0.5, 0.6) is 0 Å². The summed E-state index contributed by atoms with van der Waals surface area (Å²) >= 11 is 0.913. The number of amides is 3. The fourth-order valence-electron chi connectivity index (χ4n) is 3.43. The topological polar surface area (TPSA) is 80.6 Å². The van der Waals surface area contributed by atoms with Crippen LogP contribution in [0.4, 0.5) is 10.5 Å². The molecule has 8 heteroatoms. The molecule has 4 rings (SSSR count). The molecule has 7 nitrogen and oxygen atoms in total. The smallest absolute Gasteiger partial charge is 0.298 e. The van der Waals surface area contributed by atoms with Gasteiger partial charge in [0.25, 0.3) is 11.1 Å². The summed E-state index contributed by atoms with van der Waals surface area (Å²) in [4.78, 5) is 39.2. The molecule has 0 spiro atoms. The predicted molar refractivity (Wildman–Crippen MR) is 122 cm³/mol. The molecule has 2 heterocycles. The zero-order valence-electron chi connectivity index (χ0n) is 16.9. The third-order valence-corrected chi connectivity index (χ3v) is 5.73. The van der Waals surface area contributed by atoms with Gasteiger partial charge in [-0.25, -0.2) is 4.90 Å². The number of carbonyl (C=O) groups is 3. The fourth-order valence-corrected chi connectivity index (χ4v) is 4.26. The van der Waals surface area contributed by atoms with E-state index < -0.39 is 0 Å². The van der Waals surface area contributed by atoms with Crippen LogP contribution < -0.4 is 10.2 Å². The van der Waals surface area contributed by atoms with Crippen molar-refractivity contribution in [3.8, 4) is 0 Å². The van der Waals surface area contributed by atoms with Crippen LogP contribution in [-0.4, -0.2) is 41.9 Å². The largest absolute Gasteiger partial charge is 0.383 e. The molecule has 3 aromatic rings. The summed E-state index contributed by atoms with van der Waals surface area (Å²) in [5, 5.41) is 3.38. The number of anilines is 1. The Hall–Kier alpha value is -3.36. The summed E-state index contributed by atoms with van der Waals surface area (Å²) in [7, 11) is 1.58. The molecule has 2 aromatic carbocycles. The molecule has 1 aliphatic rings. The van der Waals surface area contributed by atoms with Crippen LogP contribution in [0.15, 0.2) is 65.7 Å². The standard InChI is InChI=1S/C23H21N3O4S/c1-30-12-11-24-21(27)15-25-14-16(18-9-5-6-10-19(18)25)13-20-22(28)26(23(29)31-20)17-7-3-2-4-8-17/h2-10,13-14H,11-12,15H2,1H3,(H,24,27)/b20-13-. The quantitative estimate of drug-likeness (QED) is 0.453. The van der Waals surface area contributed by atoms with Crippen LogP contribution in [0, 0.1) is 0 Å². The van der Waals surface area contributed by atoms with E-state index in [4.69, 9.17) is 4.74 Å². The first-order valence-corrected chi connectivity index (χ1v) is 10.6. The minimum atomic E-state index is -0.352. The summed E-state index contributed by atoms with van der Waals surface area (Å²) < 4.78 is 6.79. The molecule has 1 fully saturated rings. The van der Waals surface area contributed by atoms with Gasteiger partial charge in [-0.3, -0.25) is 14.4 Å². The Morgan fingerprint density at radius 1 is 1.10 bits per heavy atom. The lowest BCUT2D eigenvalue weighted by atomic mass is 10.1. The number of rotatable bonds is 7. The third-order valence-electron chi connectivity index (χ3n) is 4.86. The number of carbonyl (C=O) groups excluding carboxylic acids is 3. The molecule has 0 aliphatic carbocycles. The van der Waals surface area contributed by atoms with E-state index in [1.807, 2.05) is 41.1 Å². The fraction of sp³-hybridized carbons (Fsp3) is 0.174. The average Bonchev–Trinajstić information content (AvgIpc) is 3.25. The van der Waals surface area contributed by atoms with E-state index in [0.717, 1.165) is 28.2 Å². The number of para-hydroxylation sites is 2. The van der Waals surface area contributed by atoms with Gasteiger partial charge in [0.05, 0.1) is 17.2 Å². The van der Waals surface area contributed by atoms with E-state index in [1.165, 1.54) is 4.90 Å². The van der Waals surface area contributed by atoms with Crippen LogP contribution in [0.3, 0.4) is 0 Å². The number of benzene rings is 2. The Bertz CT molecular complexity index is 1170. The molecule has 158 valence electrons. The Morgan fingerprint density at radius 2 is 1.84 bits per heavy atom. The van der Waals surface area contributed by atoms with Crippen molar-refractivity contribution < 1.29 is 19.1 Å². The van der Waals surface area contributed by atoms with Gasteiger partial charge in [-0.2, -0.15) is 0 Å². The molecule has 0 atom stereocenters. The summed E-state index contributed by atoms with van der Waals surface area (Å²) in [6.45, 7) is 1.03. The number of aromatic nitrogens is 1. The van der Waals surface area contributed by atoms with Gasteiger partial charge in [0.1, 0.15) is 6.54 Å². The van der Waals surface area contributed by atoms with Crippen molar-refractivity contribution in [3.63, 3.8) is 0 Å². The molecule has 1 N–H and O–H groups in total. The van der Waals surface area contributed by atoms with E-state index in [0.29, 0.717) is 23.7 Å². The van der Waals surface area contributed by atoms with E-state index in [9.17, 15) is 14.4 Å². The molecular formula is C23H21N3O4S. The maximum atomic E-state index is 12.9. The Labute approximate surface area is 183 Å². The van der Waals surface area contributed by atoms with Gasteiger partial charge >= 0.3 is 0 Å². The van der Waals surface area contributed by atoms with Crippen molar-refractivity contribution in [2.45, 2.75) is 6.54 Å². The minimum Gasteiger partial charge on any atom is -0.383 e. The van der Waals surface area contributed by atoms with Gasteiger partial charge in [-0.15, -0.1) is 0 Å². The SMILES string of the molecule is COCCNC(=O)Cn1cc(/C=C2\SC(=O)N(c3ccccc3)C2=O)c2ccccc21. The number of thioether (sulfide) groups is 1. The lowest BCUT2D eigenvalue weighted by Gasteiger charge is -2.11. The van der Waals surface area contributed by atoms with Crippen molar-refractivity contribution >= 4 is 51.5 Å². The number of nitrogens with zero attached hydrogens (tertiary/aromatic N) is 2. The zero-order valence-corrected chi connectivity index (χ0v) is 17.7. The molecule has 0 saturated carbocycles. The van der Waals surface area contributed by atoms with Crippen LogP contribution in [0.1, 0.15) is 5.56 Å². The Balaban J connectivity index is 1.63. The van der Waals surface area contributed by atoms with Crippen molar-refractivity contribution in [3.05, 3.63) is 71.3 Å². The summed E-state index contributed by atoms with van der Waals surface area (Å²) in [6.07, 6.45) is 3.55. The van der Waals surface area contributed by atoms with E-state index in [-0.39, 0.29) is 23.6 Å². The van der Waals surface area contributed by atoms with Gasteiger partial charge in [0, 0.05) is 36.3 Å². The second-order valence-corrected chi connectivity index (χ2v) is 7.92. The highest BCUT2D eigenvalue weighted by atomic mass is 32.2. The number of fused-ring (bicyclic) bond motifs is 1. The van der Waals surface area contributed by atoms with Crippen molar-refractivity contribution in [1.82, 2.24) is 9.88 Å². The second-order valence-electron chi connectivity index (χ2n) is 6.92. The van der Waals surface area contributed by atoms with Gasteiger partial charge in [0.15, 0.2) is 0 Å². The number of ether oxygens (including phenoxy) is 1.